The summed E-state index contributed by atoms with van der Waals surface area (Å²) in [5.74, 6) is 0.386. The van der Waals surface area contributed by atoms with Crippen LogP contribution in [-0.2, 0) is 4.79 Å². The fourth-order valence-corrected chi connectivity index (χ4v) is 2.88. The SMILES string of the molecule is CC1=C2\C(=O)CC[C@@]2(C)CCC/C=C\1. The van der Waals surface area contributed by atoms with Crippen molar-refractivity contribution in [1.82, 2.24) is 0 Å². The van der Waals surface area contributed by atoms with E-state index in [0.717, 1.165) is 24.8 Å². The van der Waals surface area contributed by atoms with Crippen molar-refractivity contribution in [2.75, 3.05) is 0 Å². The molecule has 0 aromatic rings. The summed E-state index contributed by atoms with van der Waals surface area (Å²) >= 11 is 0. The molecule has 1 atom stereocenters. The molecule has 0 aromatic heterocycles. The van der Waals surface area contributed by atoms with Gasteiger partial charge in [-0.15, -0.1) is 0 Å². The van der Waals surface area contributed by atoms with Crippen molar-refractivity contribution in [2.24, 2.45) is 5.41 Å². The number of carbonyl (C=O) groups excluding carboxylic acids is 1. The first-order valence-electron chi connectivity index (χ1n) is 5.55. The number of carbonyl (C=O) groups is 1. The van der Waals surface area contributed by atoms with Crippen LogP contribution in [0.1, 0.15) is 46.0 Å². The first kappa shape index (κ1) is 9.70. The van der Waals surface area contributed by atoms with Gasteiger partial charge in [0.2, 0.25) is 0 Å². The second kappa shape index (κ2) is 3.38. The topological polar surface area (TPSA) is 17.1 Å². The van der Waals surface area contributed by atoms with E-state index in [1.165, 1.54) is 18.4 Å². The van der Waals surface area contributed by atoms with Crippen molar-refractivity contribution in [3.63, 3.8) is 0 Å². The summed E-state index contributed by atoms with van der Waals surface area (Å²) in [5.41, 5.74) is 2.51. The summed E-state index contributed by atoms with van der Waals surface area (Å²) in [7, 11) is 0. The van der Waals surface area contributed by atoms with E-state index < -0.39 is 0 Å². The number of hydrogen-bond donors (Lipinski definition) is 0. The van der Waals surface area contributed by atoms with Crippen LogP contribution in [0.2, 0.25) is 0 Å². The molecule has 2 aliphatic carbocycles. The van der Waals surface area contributed by atoms with Crippen molar-refractivity contribution in [1.29, 1.82) is 0 Å². The summed E-state index contributed by atoms with van der Waals surface area (Å²) in [6.45, 7) is 4.34. The third-order valence-electron chi connectivity index (χ3n) is 3.65. The highest BCUT2D eigenvalue weighted by atomic mass is 16.1. The van der Waals surface area contributed by atoms with Gasteiger partial charge in [0.1, 0.15) is 0 Å². The zero-order valence-electron chi connectivity index (χ0n) is 9.10. The number of fused-ring (bicyclic) bond motifs is 1. The van der Waals surface area contributed by atoms with Crippen molar-refractivity contribution in [3.8, 4) is 0 Å². The predicted octanol–water partition coefficient (Wildman–Crippen LogP) is 3.41. The van der Waals surface area contributed by atoms with Crippen LogP contribution in [0.3, 0.4) is 0 Å². The molecule has 14 heavy (non-hydrogen) atoms. The highest BCUT2D eigenvalue weighted by Crippen LogP contribution is 2.46. The lowest BCUT2D eigenvalue weighted by Crippen LogP contribution is -2.18. The lowest BCUT2D eigenvalue weighted by atomic mass is 9.77. The minimum absolute atomic E-state index is 0.186. The van der Waals surface area contributed by atoms with Crippen LogP contribution >= 0.6 is 0 Å². The molecule has 0 amide bonds. The van der Waals surface area contributed by atoms with Gasteiger partial charge in [-0.3, -0.25) is 4.79 Å². The second-order valence-corrected chi connectivity index (χ2v) is 4.84. The third kappa shape index (κ3) is 1.45. The van der Waals surface area contributed by atoms with Crippen molar-refractivity contribution >= 4 is 5.78 Å². The van der Waals surface area contributed by atoms with Crippen LogP contribution in [0.25, 0.3) is 0 Å². The highest BCUT2D eigenvalue weighted by Gasteiger charge is 2.39. The Morgan fingerprint density at radius 1 is 1.36 bits per heavy atom. The molecule has 0 aromatic carbocycles. The second-order valence-electron chi connectivity index (χ2n) is 4.84. The first-order chi connectivity index (χ1) is 6.63. The maximum atomic E-state index is 11.8. The van der Waals surface area contributed by atoms with Gasteiger partial charge in [-0.2, -0.15) is 0 Å². The van der Waals surface area contributed by atoms with Gasteiger partial charge in [0.05, 0.1) is 0 Å². The van der Waals surface area contributed by atoms with Gasteiger partial charge in [-0.25, -0.2) is 0 Å². The number of Topliss-reactive ketones (excluding diaryl/α,β-unsaturated/α-hetero) is 1. The largest absolute Gasteiger partial charge is 0.295 e. The summed E-state index contributed by atoms with van der Waals surface area (Å²) in [4.78, 5) is 11.8. The Labute approximate surface area is 85.9 Å². The van der Waals surface area contributed by atoms with E-state index in [1.54, 1.807) is 0 Å². The van der Waals surface area contributed by atoms with E-state index >= 15 is 0 Å². The maximum absolute atomic E-state index is 11.8. The number of hydrogen-bond acceptors (Lipinski definition) is 1. The highest BCUT2D eigenvalue weighted by molar-refractivity contribution is 6.00. The minimum atomic E-state index is 0.186. The number of ketones is 1. The lowest BCUT2D eigenvalue weighted by Gasteiger charge is -2.27. The molecule has 2 rings (SSSR count). The molecule has 76 valence electrons. The monoisotopic (exact) mass is 190 g/mol. The van der Waals surface area contributed by atoms with E-state index in [9.17, 15) is 4.79 Å². The van der Waals surface area contributed by atoms with Crippen molar-refractivity contribution in [2.45, 2.75) is 46.0 Å². The number of allylic oxidation sites excluding steroid dienone is 4. The van der Waals surface area contributed by atoms with E-state index in [1.807, 2.05) is 0 Å². The summed E-state index contributed by atoms with van der Waals surface area (Å²) in [6, 6.07) is 0. The van der Waals surface area contributed by atoms with Crippen LogP contribution in [0.4, 0.5) is 0 Å². The van der Waals surface area contributed by atoms with Crippen LogP contribution in [0.15, 0.2) is 23.3 Å². The van der Waals surface area contributed by atoms with E-state index in [0.29, 0.717) is 5.78 Å². The Morgan fingerprint density at radius 2 is 2.14 bits per heavy atom. The first-order valence-corrected chi connectivity index (χ1v) is 5.55. The van der Waals surface area contributed by atoms with Gasteiger partial charge in [-0.05, 0) is 43.6 Å². The molecule has 0 spiro atoms. The molecule has 0 saturated heterocycles. The third-order valence-corrected chi connectivity index (χ3v) is 3.65. The molecular formula is C13H18O. The summed E-state index contributed by atoms with van der Waals surface area (Å²) in [6.07, 6.45) is 9.72. The molecule has 0 bridgehead atoms. The van der Waals surface area contributed by atoms with Crippen molar-refractivity contribution in [3.05, 3.63) is 23.3 Å². The van der Waals surface area contributed by atoms with Gasteiger partial charge in [0.15, 0.2) is 5.78 Å². The summed E-state index contributed by atoms with van der Waals surface area (Å²) < 4.78 is 0. The molecule has 2 aliphatic rings. The number of rotatable bonds is 0. The van der Waals surface area contributed by atoms with Gasteiger partial charge in [0.25, 0.3) is 0 Å². The standard InChI is InChI=1S/C13H18O/c1-10-6-4-3-5-8-13(2)9-7-11(14)12(10)13/h4,6H,3,5,7-9H2,1-2H3/b6-4-,12-10-/t13-/m1/s1. The maximum Gasteiger partial charge on any atom is 0.159 e. The van der Waals surface area contributed by atoms with Gasteiger partial charge < -0.3 is 0 Å². The normalized spacial score (nSPS) is 40.3. The molecule has 1 fully saturated rings. The van der Waals surface area contributed by atoms with E-state index in [-0.39, 0.29) is 5.41 Å². The molecular weight excluding hydrogens is 172 g/mol. The minimum Gasteiger partial charge on any atom is -0.295 e. The van der Waals surface area contributed by atoms with E-state index in [2.05, 4.69) is 26.0 Å². The average Bonchev–Trinajstić information content (AvgIpc) is 2.39. The Morgan fingerprint density at radius 3 is 2.93 bits per heavy atom. The molecule has 1 heteroatoms. The predicted molar refractivity (Wildman–Crippen MR) is 58.0 cm³/mol. The summed E-state index contributed by atoms with van der Waals surface area (Å²) in [5, 5.41) is 0. The van der Waals surface area contributed by atoms with Crippen LogP contribution in [0.5, 0.6) is 0 Å². The molecule has 0 radical (unpaired) electrons. The van der Waals surface area contributed by atoms with Gasteiger partial charge in [0, 0.05) is 12.0 Å². The lowest BCUT2D eigenvalue weighted by molar-refractivity contribution is -0.114. The van der Waals surface area contributed by atoms with Gasteiger partial charge in [-0.1, -0.05) is 19.1 Å². The Balaban J connectivity index is 2.48. The van der Waals surface area contributed by atoms with Crippen LogP contribution < -0.4 is 0 Å². The molecule has 0 aliphatic heterocycles. The van der Waals surface area contributed by atoms with Gasteiger partial charge >= 0.3 is 0 Å². The molecule has 0 heterocycles. The molecule has 1 saturated carbocycles. The zero-order valence-corrected chi connectivity index (χ0v) is 9.10. The van der Waals surface area contributed by atoms with Crippen molar-refractivity contribution < 1.29 is 4.79 Å². The fraction of sp³-hybridized carbons (Fsp3) is 0.615. The Kier molecular flexibility index (Phi) is 2.34. The molecule has 1 nitrogen and oxygen atoms in total. The smallest absolute Gasteiger partial charge is 0.159 e. The van der Waals surface area contributed by atoms with Crippen LogP contribution in [-0.4, -0.2) is 5.78 Å². The van der Waals surface area contributed by atoms with E-state index in [4.69, 9.17) is 0 Å². The molecule has 0 N–H and O–H groups in total. The Bertz CT molecular complexity index is 322. The van der Waals surface area contributed by atoms with Crippen LogP contribution in [0, 0.1) is 5.41 Å². The molecule has 0 unspecified atom stereocenters. The quantitative estimate of drug-likeness (QED) is 0.572. The average molecular weight is 190 g/mol. The fourth-order valence-electron chi connectivity index (χ4n) is 2.88. The Hall–Kier alpha value is -0.850. The zero-order chi connectivity index (χ0) is 10.2.